The normalized spacial score (nSPS) is 11.3. The molecule has 0 bridgehead atoms. The molecule has 5 nitrogen and oxygen atoms in total. The summed E-state index contributed by atoms with van der Waals surface area (Å²) in [5, 5.41) is 0. The van der Waals surface area contributed by atoms with Crippen LogP contribution in [0.25, 0.3) is 0 Å². The zero-order chi connectivity index (χ0) is 15.8. The summed E-state index contributed by atoms with van der Waals surface area (Å²) in [5.74, 6) is -1.87. The van der Waals surface area contributed by atoms with Gasteiger partial charge in [-0.05, 0) is 31.2 Å². The summed E-state index contributed by atoms with van der Waals surface area (Å²) in [5.41, 5.74) is 0.259. The van der Waals surface area contributed by atoms with E-state index >= 15 is 0 Å². The minimum absolute atomic E-state index is 0.0511. The molecule has 1 atom stereocenters. The Hall–Kier alpha value is -1.95. The standard InChI is InChI=1S/C15H15BrO5/c1-10(2)14(18)20-8-7-11(9-17)15(19)21-13-5-3-12(16)4-6-13/h3-6,9,11H,1,7-8H2,2H3. The van der Waals surface area contributed by atoms with Crippen LogP contribution in [-0.4, -0.2) is 24.8 Å². The van der Waals surface area contributed by atoms with Crippen LogP contribution in [0.2, 0.25) is 0 Å². The van der Waals surface area contributed by atoms with Gasteiger partial charge in [0.25, 0.3) is 0 Å². The van der Waals surface area contributed by atoms with Crippen LogP contribution in [0.3, 0.4) is 0 Å². The highest BCUT2D eigenvalue weighted by atomic mass is 79.9. The molecule has 0 aliphatic carbocycles. The second-order valence-corrected chi connectivity index (χ2v) is 5.24. The van der Waals surface area contributed by atoms with Gasteiger partial charge < -0.3 is 14.3 Å². The fourth-order valence-electron chi connectivity index (χ4n) is 1.34. The SMILES string of the molecule is C=C(C)C(=O)OCCC(C=O)C(=O)Oc1ccc(Br)cc1. The topological polar surface area (TPSA) is 69.7 Å². The molecule has 0 fully saturated rings. The maximum Gasteiger partial charge on any atom is 0.333 e. The predicted octanol–water partition coefficient (Wildman–Crippen LogP) is 2.68. The Kier molecular flexibility index (Phi) is 6.81. The maximum atomic E-state index is 11.8. The lowest BCUT2D eigenvalue weighted by Crippen LogP contribution is -2.24. The van der Waals surface area contributed by atoms with Crippen molar-refractivity contribution in [1.82, 2.24) is 0 Å². The molecule has 0 saturated carbocycles. The van der Waals surface area contributed by atoms with E-state index in [-0.39, 0.29) is 18.6 Å². The number of benzene rings is 1. The minimum atomic E-state index is -0.980. The van der Waals surface area contributed by atoms with Crippen molar-refractivity contribution in [3.05, 3.63) is 40.9 Å². The summed E-state index contributed by atoms with van der Waals surface area (Å²) < 4.78 is 10.8. The van der Waals surface area contributed by atoms with Crippen molar-refractivity contribution in [3.8, 4) is 5.75 Å². The van der Waals surface area contributed by atoms with Gasteiger partial charge in [-0.3, -0.25) is 4.79 Å². The summed E-state index contributed by atoms with van der Waals surface area (Å²) in [4.78, 5) is 33.9. The quantitative estimate of drug-likeness (QED) is 0.247. The maximum absolute atomic E-state index is 11.8. The van der Waals surface area contributed by atoms with E-state index in [0.29, 0.717) is 12.0 Å². The summed E-state index contributed by atoms with van der Waals surface area (Å²) in [6, 6.07) is 6.64. The van der Waals surface area contributed by atoms with Gasteiger partial charge in [-0.1, -0.05) is 22.5 Å². The fourth-order valence-corrected chi connectivity index (χ4v) is 1.60. The second kappa shape index (κ2) is 8.36. The predicted molar refractivity (Wildman–Crippen MR) is 79.7 cm³/mol. The summed E-state index contributed by atoms with van der Waals surface area (Å²) in [7, 11) is 0. The van der Waals surface area contributed by atoms with Crippen molar-refractivity contribution in [2.24, 2.45) is 5.92 Å². The van der Waals surface area contributed by atoms with E-state index in [1.165, 1.54) is 6.92 Å². The minimum Gasteiger partial charge on any atom is -0.462 e. The number of rotatable bonds is 7. The molecule has 0 heterocycles. The van der Waals surface area contributed by atoms with E-state index in [9.17, 15) is 14.4 Å². The molecule has 1 unspecified atom stereocenters. The van der Waals surface area contributed by atoms with E-state index in [1.54, 1.807) is 24.3 Å². The third kappa shape index (κ3) is 5.91. The lowest BCUT2D eigenvalue weighted by Gasteiger charge is -2.10. The Bertz CT molecular complexity index is 535. The largest absolute Gasteiger partial charge is 0.462 e. The Labute approximate surface area is 131 Å². The molecule has 1 rings (SSSR count). The molecule has 1 aromatic rings. The van der Waals surface area contributed by atoms with Crippen LogP contribution in [0.15, 0.2) is 40.9 Å². The Morgan fingerprint density at radius 3 is 2.48 bits per heavy atom. The van der Waals surface area contributed by atoms with Crippen molar-refractivity contribution in [1.29, 1.82) is 0 Å². The van der Waals surface area contributed by atoms with E-state index in [0.717, 1.165) is 4.47 Å². The molecule has 0 aromatic heterocycles. The summed E-state index contributed by atoms with van der Waals surface area (Å²) in [6.45, 7) is 4.90. The number of carbonyl (C=O) groups is 3. The fraction of sp³-hybridized carbons (Fsp3) is 0.267. The van der Waals surface area contributed by atoms with E-state index in [2.05, 4.69) is 22.5 Å². The third-order valence-corrected chi connectivity index (χ3v) is 3.04. The average molecular weight is 355 g/mol. The van der Waals surface area contributed by atoms with Crippen molar-refractivity contribution < 1.29 is 23.9 Å². The van der Waals surface area contributed by atoms with E-state index < -0.39 is 17.9 Å². The first-order valence-electron chi connectivity index (χ1n) is 6.19. The van der Waals surface area contributed by atoms with Crippen LogP contribution in [0.1, 0.15) is 13.3 Å². The molecular formula is C15H15BrO5. The number of esters is 2. The Morgan fingerprint density at radius 1 is 1.33 bits per heavy atom. The monoisotopic (exact) mass is 354 g/mol. The molecule has 0 spiro atoms. The van der Waals surface area contributed by atoms with Gasteiger partial charge in [-0.15, -0.1) is 0 Å². The zero-order valence-corrected chi connectivity index (χ0v) is 13.1. The third-order valence-electron chi connectivity index (χ3n) is 2.51. The van der Waals surface area contributed by atoms with Crippen molar-refractivity contribution in [2.45, 2.75) is 13.3 Å². The molecule has 0 aliphatic rings. The molecule has 0 radical (unpaired) electrons. The average Bonchev–Trinajstić information content (AvgIpc) is 2.45. The van der Waals surface area contributed by atoms with Crippen LogP contribution < -0.4 is 4.74 Å². The summed E-state index contributed by atoms with van der Waals surface area (Å²) in [6.07, 6.45) is 0.549. The smallest absolute Gasteiger partial charge is 0.333 e. The number of ether oxygens (including phenoxy) is 2. The van der Waals surface area contributed by atoms with Crippen molar-refractivity contribution in [2.75, 3.05) is 6.61 Å². The highest BCUT2D eigenvalue weighted by Gasteiger charge is 2.20. The van der Waals surface area contributed by atoms with E-state index in [4.69, 9.17) is 9.47 Å². The van der Waals surface area contributed by atoms with Gasteiger partial charge >= 0.3 is 11.9 Å². The number of carbonyl (C=O) groups excluding carboxylic acids is 3. The number of hydrogen-bond donors (Lipinski definition) is 0. The molecular weight excluding hydrogens is 340 g/mol. The number of hydrogen-bond acceptors (Lipinski definition) is 5. The van der Waals surface area contributed by atoms with Crippen molar-refractivity contribution >= 4 is 34.2 Å². The van der Waals surface area contributed by atoms with Gasteiger partial charge in [0.15, 0.2) is 0 Å². The van der Waals surface area contributed by atoms with Crippen molar-refractivity contribution in [3.63, 3.8) is 0 Å². The second-order valence-electron chi connectivity index (χ2n) is 4.32. The van der Waals surface area contributed by atoms with Crippen LogP contribution in [0, 0.1) is 5.92 Å². The Morgan fingerprint density at radius 2 is 1.95 bits per heavy atom. The summed E-state index contributed by atoms with van der Waals surface area (Å²) >= 11 is 3.26. The molecule has 21 heavy (non-hydrogen) atoms. The molecule has 1 aromatic carbocycles. The highest BCUT2D eigenvalue weighted by molar-refractivity contribution is 9.10. The van der Waals surface area contributed by atoms with Crippen LogP contribution >= 0.6 is 15.9 Å². The first kappa shape index (κ1) is 17.1. The molecule has 0 saturated heterocycles. The van der Waals surface area contributed by atoms with Crippen LogP contribution in [0.4, 0.5) is 0 Å². The first-order chi connectivity index (χ1) is 9.93. The van der Waals surface area contributed by atoms with Gasteiger partial charge in [0, 0.05) is 16.5 Å². The first-order valence-corrected chi connectivity index (χ1v) is 6.98. The van der Waals surface area contributed by atoms with Gasteiger partial charge in [-0.2, -0.15) is 0 Å². The van der Waals surface area contributed by atoms with Gasteiger partial charge in [0.05, 0.1) is 6.61 Å². The van der Waals surface area contributed by atoms with Crippen LogP contribution in [-0.2, 0) is 19.1 Å². The van der Waals surface area contributed by atoms with Crippen LogP contribution in [0.5, 0.6) is 5.75 Å². The van der Waals surface area contributed by atoms with Gasteiger partial charge in [0.1, 0.15) is 18.0 Å². The molecule has 6 heteroatoms. The number of halogens is 1. The molecule has 0 amide bonds. The lowest BCUT2D eigenvalue weighted by molar-refractivity contribution is -0.145. The van der Waals surface area contributed by atoms with E-state index in [1.807, 2.05) is 0 Å². The lowest BCUT2D eigenvalue weighted by atomic mass is 10.1. The Balaban J connectivity index is 2.49. The molecule has 0 N–H and O–H groups in total. The highest BCUT2D eigenvalue weighted by Crippen LogP contribution is 2.17. The van der Waals surface area contributed by atoms with Gasteiger partial charge in [0.2, 0.25) is 0 Å². The number of aldehydes is 1. The van der Waals surface area contributed by atoms with Gasteiger partial charge in [-0.25, -0.2) is 4.79 Å². The molecule has 0 aliphatic heterocycles. The molecule has 112 valence electrons. The zero-order valence-electron chi connectivity index (χ0n) is 11.5.